The van der Waals surface area contributed by atoms with Crippen LogP contribution in [0.5, 0.6) is 11.5 Å². The number of amides is 1. The third-order valence-corrected chi connectivity index (χ3v) is 2.94. The molecule has 0 aliphatic rings. The van der Waals surface area contributed by atoms with Crippen LogP contribution in [-0.2, 0) is 0 Å². The van der Waals surface area contributed by atoms with Crippen LogP contribution in [0.25, 0.3) is 0 Å². The van der Waals surface area contributed by atoms with Crippen molar-refractivity contribution in [1.82, 2.24) is 5.32 Å². The van der Waals surface area contributed by atoms with Gasteiger partial charge in [-0.1, -0.05) is 0 Å². The van der Waals surface area contributed by atoms with E-state index in [0.717, 1.165) is 0 Å². The molecule has 0 aliphatic heterocycles. The summed E-state index contributed by atoms with van der Waals surface area (Å²) in [6, 6.07) is 9.21. The lowest BCUT2D eigenvalue weighted by Crippen LogP contribution is -2.23. The van der Waals surface area contributed by atoms with Gasteiger partial charge in [-0.25, -0.2) is 4.39 Å². The highest BCUT2D eigenvalue weighted by atomic mass is 19.1. The first-order chi connectivity index (χ1) is 10.0. The van der Waals surface area contributed by atoms with Crippen molar-refractivity contribution in [2.75, 3.05) is 12.3 Å². The van der Waals surface area contributed by atoms with E-state index in [4.69, 9.17) is 10.5 Å². The van der Waals surface area contributed by atoms with E-state index in [1.807, 2.05) is 6.92 Å². The molecule has 0 unspecified atom stereocenters. The van der Waals surface area contributed by atoms with Crippen molar-refractivity contribution in [2.45, 2.75) is 13.8 Å². The van der Waals surface area contributed by atoms with Gasteiger partial charge in [0.15, 0.2) is 0 Å². The van der Waals surface area contributed by atoms with Crippen LogP contribution in [0.4, 0.5) is 10.1 Å². The van der Waals surface area contributed by atoms with Crippen LogP contribution in [0.2, 0.25) is 0 Å². The van der Waals surface area contributed by atoms with Crippen molar-refractivity contribution >= 4 is 11.6 Å². The number of nitrogens with two attached hydrogens (primary N) is 1. The molecule has 110 valence electrons. The van der Waals surface area contributed by atoms with Gasteiger partial charge in [-0.2, -0.15) is 0 Å². The maximum atomic E-state index is 13.3. The number of benzene rings is 2. The van der Waals surface area contributed by atoms with E-state index >= 15 is 0 Å². The maximum absolute atomic E-state index is 13.3. The highest BCUT2D eigenvalue weighted by Crippen LogP contribution is 2.28. The van der Waals surface area contributed by atoms with Crippen molar-refractivity contribution in [3.8, 4) is 11.5 Å². The predicted octanol–water partition coefficient (Wildman–Crippen LogP) is 3.26. The molecule has 1 amide bonds. The molecule has 0 aliphatic carbocycles. The molecule has 0 saturated heterocycles. The van der Waals surface area contributed by atoms with Gasteiger partial charge in [0, 0.05) is 18.3 Å². The lowest BCUT2D eigenvalue weighted by atomic mass is 10.1. The standard InChI is InChI=1S/C16H17FN2O2/c1-3-19-16(20)13-6-4-11(18)9-15(13)21-12-5-7-14(17)10(2)8-12/h4-9H,3,18H2,1-2H3,(H,19,20). The van der Waals surface area contributed by atoms with Crippen LogP contribution in [0.15, 0.2) is 36.4 Å². The Bertz CT molecular complexity index is 671. The van der Waals surface area contributed by atoms with Gasteiger partial charge in [0.2, 0.25) is 0 Å². The first-order valence-electron chi connectivity index (χ1n) is 6.63. The topological polar surface area (TPSA) is 64.4 Å². The Kier molecular flexibility index (Phi) is 4.42. The quantitative estimate of drug-likeness (QED) is 0.849. The molecule has 2 aromatic carbocycles. The first-order valence-corrected chi connectivity index (χ1v) is 6.63. The van der Waals surface area contributed by atoms with Crippen molar-refractivity contribution in [2.24, 2.45) is 0 Å². The van der Waals surface area contributed by atoms with Gasteiger partial charge in [0.05, 0.1) is 5.56 Å². The Morgan fingerprint density at radius 1 is 1.29 bits per heavy atom. The highest BCUT2D eigenvalue weighted by molar-refractivity contribution is 5.97. The Balaban J connectivity index is 2.35. The molecule has 0 radical (unpaired) electrons. The molecule has 3 N–H and O–H groups in total. The van der Waals surface area contributed by atoms with Gasteiger partial charge in [-0.05, 0) is 49.7 Å². The van der Waals surface area contributed by atoms with E-state index in [1.165, 1.54) is 12.1 Å². The number of hydrogen-bond donors (Lipinski definition) is 2. The minimum Gasteiger partial charge on any atom is -0.456 e. The Hall–Kier alpha value is -2.56. The number of nitrogens with one attached hydrogen (secondary N) is 1. The minimum atomic E-state index is -0.307. The van der Waals surface area contributed by atoms with Gasteiger partial charge in [-0.3, -0.25) is 4.79 Å². The zero-order valence-corrected chi connectivity index (χ0v) is 11.9. The third kappa shape index (κ3) is 3.51. The average Bonchev–Trinajstić information content (AvgIpc) is 2.43. The predicted molar refractivity (Wildman–Crippen MR) is 80.1 cm³/mol. The van der Waals surface area contributed by atoms with Gasteiger partial charge in [0.1, 0.15) is 17.3 Å². The molecule has 0 atom stereocenters. The summed E-state index contributed by atoms with van der Waals surface area (Å²) in [6.07, 6.45) is 0. The zero-order chi connectivity index (χ0) is 15.4. The largest absolute Gasteiger partial charge is 0.456 e. The molecular formula is C16H17FN2O2. The molecule has 5 heteroatoms. The number of carbonyl (C=O) groups is 1. The van der Waals surface area contributed by atoms with E-state index in [-0.39, 0.29) is 11.7 Å². The van der Waals surface area contributed by atoms with E-state index in [1.54, 1.807) is 31.2 Å². The van der Waals surface area contributed by atoms with Gasteiger partial charge in [-0.15, -0.1) is 0 Å². The first kappa shape index (κ1) is 14.8. The molecule has 2 rings (SSSR count). The average molecular weight is 288 g/mol. The number of ether oxygens (including phenoxy) is 1. The second-order valence-corrected chi connectivity index (χ2v) is 4.63. The fourth-order valence-electron chi connectivity index (χ4n) is 1.87. The van der Waals surface area contributed by atoms with E-state index in [2.05, 4.69) is 5.32 Å². The SMILES string of the molecule is CCNC(=O)c1ccc(N)cc1Oc1ccc(F)c(C)c1. The summed E-state index contributed by atoms with van der Waals surface area (Å²) in [5.41, 5.74) is 7.07. The van der Waals surface area contributed by atoms with Crippen LogP contribution in [0, 0.1) is 12.7 Å². The summed E-state index contributed by atoms with van der Waals surface area (Å²) in [4.78, 5) is 12.0. The Morgan fingerprint density at radius 3 is 2.71 bits per heavy atom. The summed E-state index contributed by atoms with van der Waals surface area (Å²) in [5.74, 6) is 0.238. The normalized spacial score (nSPS) is 10.2. The number of carbonyl (C=O) groups excluding carboxylic acids is 1. The second-order valence-electron chi connectivity index (χ2n) is 4.63. The zero-order valence-electron chi connectivity index (χ0n) is 11.9. The summed E-state index contributed by atoms with van der Waals surface area (Å²) < 4.78 is 19.0. The molecular weight excluding hydrogens is 271 g/mol. The number of anilines is 1. The van der Waals surface area contributed by atoms with Crippen molar-refractivity contribution in [1.29, 1.82) is 0 Å². The molecule has 0 aromatic heterocycles. The van der Waals surface area contributed by atoms with Gasteiger partial charge in [0.25, 0.3) is 5.91 Å². The summed E-state index contributed by atoms with van der Waals surface area (Å²) in [7, 11) is 0. The van der Waals surface area contributed by atoms with Crippen LogP contribution in [-0.4, -0.2) is 12.5 Å². The minimum absolute atomic E-state index is 0.244. The number of halogens is 1. The summed E-state index contributed by atoms with van der Waals surface area (Å²) in [5, 5.41) is 2.71. The summed E-state index contributed by atoms with van der Waals surface area (Å²) >= 11 is 0. The lowest BCUT2D eigenvalue weighted by molar-refractivity contribution is 0.0953. The van der Waals surface area contributed by atoms with Crippen LogP contribution >= 0.6 is 0 Å². The fourth-order valence-corrected chi connectivity index (χ4v) is 1.87. The van der Waals surface area contributed by atoms with Crippen LogP contribution < -0.4 is 15.8 Å². The molecule has 0 heterocycles. The molecule has 4 nitrogen and oxygen atoms in total. The molecule has 21 heavy (non-hydrogen) atoms. The number of aryl methyl sites for hydroxylation is 1. The van der Waals surface area contributed by atoms with Gasteiger partial charge >= 0.3 is 0 Å². The molecule has 0 saturated carbocycles. The van der Waals surface area contributed by atoms with Crippen LogP contribution in [0.1, 0.15) is 22.8 Å². The molecule has 0 fully saturated rings. The van der Waals surface area contributed by atoms with Crippen molar-refractivity contribution < 1.29 is 13.9 Å². The number of hydrogen-bond acceptors (Lipinski definition) is 3. The van der Waals surface area contributed by atoms with Crippen molar-refractivity contribution in [3.05, 3.63) is 53.3 Å². The number of rotatable bonds is 4. The van der Waals surface area contributed by atoms with E-state index < -0.39 is 0 Å². The number of nitrogen functional groups attached to an aromatic ring is 1. The third-order valence-electron chi connectivity index (χ3n) is 2.94. The lowest BCUT2D eigenvalue weighted by Gasteiger charge is -2.12. The highest BCUT2D eigenvalue weighted by Gasteiger charge is 2.13. The van der Waals surface area contributed by atoms with Crippen LogP contribution in [0.3, 0.4) is 0 Å². The fraction of sp³-hybridized carbons (Fsp3) is 0.188. The van der Waals surface area contributed by atoms with Gasteiger partial charge < -0.3 is 15.8 Å². The smallest absolute Gasteiger partial charge is 0.255 e. The Labute approximate surface area is 122 Å². The monoisotopic (exact) mass is 288 g/mol. The van der Waals surface area contributed by atoms with E-state index in [9.17, 15) is 9.18 Å². The molecule has 0 spiro atoms. The van der Waals surface area contributed by atoms with E-state index in [0.29, 0.717) is 34.9 Å². The maximum Gasteiger partial charge on any atom is 0.255 e. The van der Waals surface area contributed by atoms with Crippen molar-refractivity contribution in [3.63, 3.8) is 0 Å². The second kappa shape index (κ2) is 6.26. The summed E-state index contributed by atoms with van der Waals surface area (Å²) in [6.45, 7) is 3.99. The Morgan fingerprint density at radius 2 is 2.05 bits per heavy atom. The molecule has 2 aromatic rings. The molecule has 0 bridgehead atoms.